The van der Waals surface area contributed by atoms with E-state index in [4.69, 9.17) is 0 Å². The lowest BCUT2D eigenvalue weighted by molar-refractivity contribution is 0.781. The first kappa shape index (κ1) is 7.30. The van der Waals surface area contributed by atoms with Gasteiger partial charge >= 0.3 is 0 Å². The van der Waals surface area contributed by atoms with Crippen molar-refractivity contribution in [3.63, 3.8) is 0 Å². The molecule has 10 heavy (non-hydrogen) atoms. The largest absolute Gasteiger partial charge is 0.293 e. The van der Waals surface area contributed by atoms with Crippen LogP contribution in [-0.4, -0.2) is 12.8 Å². The maximum absolute atomic E-state index is 4.17. The maximum atomic E-state index is 4.17. The van der Waals surface area contributed by atoms with Crippen LogP contribution in [0.1, 0.15) is 25.7 Å². The first-order valence-corrected chi connectivity index (χ1v) is 3.88. The topological polar surface area (TPSA) is 12.4 Å². The quantitative estimate of drug-likeness (QED) is 0.452. The van der Waals surface area contributed by atoms with Crippen LogP contribution in [0.25, 0.3) is 0 Å². The summed E-state index contributed by atoms with van der Waals surface area (Å²) >= 11 is 0. The zero-order chi connectivity index (χ0) is 7.07. The van der Waals surface area contributed by atoms with Crippen molar-refractivity contribution >= 4 is 6.21 Å². The SMILES string of the molecule is C1=CCCCCC=NCC=1. The molecule has 0 aromatic rings. The normalized spacial score (nSPS) is 19.2. The van der Waals surface area contributed by atoms with E-state index >= 15 is 0 Å². The fourth-order valence-electron chi connectivity index (χ4n) is 0.920. The number of hydrogen-bond acceptors (Lipinski definition) is 1. The van der Waals surface area contributed by atoms with Crippen molar-refractivity contribution in [3.8, 4) is 0 Å². The van der Waals surface area contributed by atoms with E-state index in [1.807, 2.05) is 12.3 Å². The Labute approximate surface area is 62.2 Å². The average Bonchev–Trinajstić information content (AvgIpc) is 2.01. The Morgan fingerprint density at radius 3 is 3.00 bits per heavy atom. The number of aliphatic imine (C=N–C) groups is 1. The highest BCUT2D eigenvalue weighted by Crippen LogP contribution is 1.99. The van der Waals surface area contributed by atoms with Crippen LogP contribution < -0.4 is 0 Å². The Balaban J connectivity index is 2.40. The van der Waals surface area contributed by atoms with Gasteiger partial charge < -0.3 is 0 Å². The van der Waals surface area contributed by atoms with Crippen LogP contribution in [0, 0.1) is 0 Å². The standard InChI is InChI=1S/C9H13N/c1-2-4-6-8-10-9-7-5-3-1/h2,6,9H,1,3,5,7-8H2. The molecule has 0 atom stereocenters. The molecule has 1 aliphatic rings. The summed E-state index contributed by atoms with van der Waals surface area (Å²) in [5, 5.41) is 0. The second kappa shape index (κ2) is 5.01. The number of rotatable bonds is 0. The molecule has 0 N–H and O–H groups in total. The molecule has 0 amide bonds. The maximum Gasteiger partial charge on any atom is 0.0640 e. The van der Waals surface area contributed by atoms with Crippen LogP contribution in [-0.2, 0) is 0 Å². The van der Waals surface area contributed by atoms with E-state index in [0.29, 0.717) is 0 Å². The second-order valence-corrected chi connectivity index (χ2v) is 2.41. The van der Waals surface area contributed by atoms with Gasteiger partial charge in [-0.3, -0.25) is 4.99 Å². The Morgan fingerprint density at radius 1 is 1.10 bits per heavy atom. The summed E-state index contributed by atoms with van der Waals surface area (Å²) in [5.74, 6) is 0. The zero-order valence-electron chi connectivity index (χ0n) is 6.21. The van der Waals surface area contributed by atoms with Gasteiger partial charge in [0.25, 0.3) is 0 Å². The molecule has 1 heterocycles. The molecule has 0 saturated carbocycles. The minimum absolute atomic E-state index is 0.802. The Hall–Kier alpha value is -0.810. The summed E-state index contributed by atoms with van der Waals surface area (Å²) in [6, 6.07) is 0. The minimum Gasteiger partial charge on any atom is -0.293 e. The van der Waals surface area contributed by atoms with Gasteiger partial charge in [-0.1, -0.05) is 0 Å². The van der Waals surface area contributed by atoms with E-state index in [9.17, 15) is 0 Å². The Morgan fingerprint density at radius 2 is 2.00 bits per heavy atom. The fourth-order valence-corrected chi connectivity index (χ4v) is 0.920. The van der Waals surface area contributed by atoms with Crippen molar-refractivity contribution < 1.29 is 0 Å². The van der Waals surface area contributed by atoms with Gasteiger partial charge in [0.1, 0.15) is 0 Å². The van der Waals surface area contributed by atoms with Gasteiger partial charge in [-0.25, -0.2) is 0 Å². The number of nitrogens with zero attached hydrogens (tertiary/aromatic N) is 1. The van der Waals surface area contributed by atoms with Crippen molar-refractivity contribution in [2.24, 2.45) is 4.99 Å². The van der Waals surface area contributed by atoms with Crippen molar-refractivity contribution in [1.29, 1.82) is 0 Å². The van der Waals surface area contributed by atoms with Crippen LogP contribution in [0.3, 0.4) is 0 Å². The molecular weight excluding hydrogens is 122 g/mol. The molecule has 0 aliphatic carbocycles. The molecule has 0 saturated heterocycles. The predicted octanol–water partition coefficient (Wildman–Crippen LogP) is 2.34. The lowest BCUT2D eigenvalue weighted by Gasteiger charge is -1.92. The molecule has 0 fully saturated rings. The molecule has 0 aromatic heterocycles. The molecule has 0 aromatic carbocycles. The zero-order valence-corrected chi connectivity index (χ0v) is 6.21. The van der Waals surface area contributed by atoms with Gasteiger partial charge in [-0.15, -0.1) is 5.73 Å². The second-order valence-electron chi connectivity index (χ2n) is 2.41. The van der Waals surface area contributed by atoms with Gasteiger partial charge in [-0.05, 0) is 44.0 Å². The third kappa shape index (κ3) is 3.26. The van der Waals surface area contributed by atoms with Gasteiger partial charge in [0, 0.05) is 0 Å². The average molecular weight is 135 g/mol. The van der Waals surface area contributed by atoms with Crippen molar-refractivity contribution in [2.75, 3.05) is 6.54 Å². The van der Waals surface area contributed by atoms with Gasteiger partial charge in [0.15, 0.2) is 0 Å². The van der Waals surface area contributed by atoms with Crippen LogP contribution in [0.2, 0.25) is 0 Å². The van der Waals surface area contributed by atoms with Crippen molar-refractivity contribution in [2.45, 2.75) is 25.7 Å². The van der Waals surface area contributed by atoms with E-state index in [1.54, 1.807) is 0 Å². The third-order valence-corrected chi connectivity index (χ3v) is 1.49. The summed E-state index contributed by atoms with van der Waals surface area (Å²) in [6.45, 7) is 0.802. The smallest absolute Gasteiger partial charge is 0.0640 e. The summed E-state index contributed by atoms with van der Waals surface area (Å²) in [6.07, 6.45) is 10.9. The first-order chi connectivity index (χ1) is 5.00. The van der Waals surface area contributed by atoms with Gasteiger partial charge in [0.2, 0.25) is 0 Å². The number of hydrogen-bond donors (Lipinski definition) is 0. The molecule has 1 nitrogen and oxygen atoms in total. The summed E-state index contributed by atoms with van der Waals surface area (Å²) in [5.41, 5.74) is 3.09. The highest BCUT2D eigenvalue weighted by molar-refractivity contribution is 5.57. The minimum atomic E-state index is 0.802. The predicted molar refractivity (Wildman–Crippen MR) is 44.5 cm³/mol. The summed E-state index contributed by atoms with van der Waals surface area (Å²) in [7, 11) is 0. The first-order valence-electron chi connectivity index (χ1n) is 3.88. The molecule has 0 radical (unpaired) electrons. The van der Waals surface area contributed by atoms with E-state index in [-0.39, 0.29) is 0 Å². The highest BCUT2D eigenvalue weighted by Gasteiger charge is 1.84. The fraction of sp³-hybridized carbons (Fsp3) is 0.556. The Kier molecular flexibility index (Phi) is 3.66. The van der Waals surface area contributed by atoms with Crippen molar-refractivity contribution in [1.82, 2.24) is 0 Å². The van der Waals surface area contributed by atoms with E-state index in [2.05, 4.69) is 16.8 Å². The van der Waals surface area contributed by atoms with Crippen LogP contribution in [0.4, 0.5) is 0 Å². The highest BCUT2D eigenvalue weighted by atomic mass is 14.7. The van der Waals surface area contributed by atoms with Crippen molar-refractivity contribution in [3.05, 3.63) is 17.9 Å². The molecule has 1 aliphatic heterocycles. The van der Waals surface area contributed by atoms with Crippen LogP contribution in [0.15, 0.2) is 22.9 Å². The lowest BCUT2D eigenvalue weighted by Crippen LogP contribution is -1.80. The van der Waals surface area contributed by atoms with E-state index in [1.165, 1.54) is 19.3 Å². The van der Waals surface area contributed by atoms with Crippen LogP contribution >= 0.6 is 0 Å². The third-order valence-electron chi connectivity index (χ3n) is 1.49. The molecule has 0 bridgehead atoms. The Bertz CT molecular complexity index is 162. The van der Waals surface area contributed by atoms with Crippen LogP contribution in [0.5, 0.6) is 0 Å². The molecule has 1 rings (SSSR count). The summed E-state index contributed by atoms with van der Waals surface area (Å²) in [4.78, 5) is 4.17. The van der Waals surface area contributed by atoms with E-state index < -0.39 is 0 Å². The molecular formula is C9H13N. The van der Waals surface area contributed by atoms with Gasteiger partial charge in [-0.2, -0.15) is 0 Å². The summed E-state index contributed by atoms with van der Waals surface area (Å²) < 4.78 is 0. The lowest BCUT2D eigenvalue weighted by atomic mass is 10.2. The molecule has 1 heteroatoms. The van der Waals surface area contributed by atoms with Gasteiger partial charge in [0.05, 0.1) is 6.54 Å². The molecule has 0 unspecified atom stereocenters. The van der Waals surface area contributed by atoms with E-state index in [0.717, 1.165) is 13.0 Å². The monoisotopic (exact) mass is 135 g/mol. The molecule has 54 valence electrons. The molecule has 0 spiro atoms.